The van der Waals surface area contributed by atoms with E-state index in [9.17, 15) is 5.11 Å². The SMILES string of the molecule is Oc1c(C(c2ccccc2Cl)N2CCCCC2)sc2nc(-c3ccco3)nn12. The second-order valence-electron chi connectivity index (χ2n) is 6.92. The number of piperidine rings is 1. The van der Waals surface area contributed by atoms with Crippen molar-refractivity contribution in [2.75, 3.05) is 13.1 Å². The summed E-state index contributed by atoms with van der Waals surface area (Å²) in [5.41, 5.74) is 0.997. The summed E-state index contributed by atoms with van der Waals surface area (Å²) in [5, 5.41) is 16.2. The maximum absolute atomic E-state index is 11.0. The number of hydrogen-bond donors (Lipinski definition) is 1. The van der Waals surface area contributed by atoms with Gasteiger partial charge < -0.3 is 9.52 Å². The van der Waals surface area contributed by atoms with Crippen molar-refractivity contribution >= 4 is 27.9 Å². The molecular formula is C20H19ClN4O2S. The van der Waals surface area contributed by atoms with Gasteiger partial charge in [-0.2, -0.15) is 9.50 Å². The van der Waals surface area contributed by atoms with Gasteiger partial charge in [0.15, 0.2) is 5.76 Å². The maximum Gasteiger partial charge on any atom is 0.230 e. The first-order chi connectivity index (χ1) is 13.7. The lowest BCUT2D eigenvalue weighted by molar-refractivity contribution is 0.186. The van der Waals surface area contributed by atoms with Crippen molar-refractivity contribution in [2.45, 2.75) is 25.3 Å². The van der Waals surface area contributed by atoms with Gasteiger partial charge >= 0.3 is 0 Å². The number of furan rings is 1. The highest BCUT2D eigenvalue weighted by Crippen LogP contribution is 2.43. The lowest BCUT2D eigenvalue weighted by atomic mass is 10.0. The normalized spacial score (nSPS) is 16.6. The molecule has 3 aromatic heterocycles. The van der Waals surface area contributed by atoms with E-state index in [0.29, 0.717) is 21.6 Å². The molecule has 0 bridgehead atoms. The summed E-state index contributed by atoms with van der Waals surface area (Å²) in [6.45, 7) is 1.95. The number of aromatic nitrogens is 3. The third-order valence-corrected chi connectivity index (χ3v) is 6.56. The predicted molar refractivity (Wildman–Crippen MR) is 109 cm³/mol. The maximum atomic E-state index is 11.0. The molecule has 5 rings (SSSR count). The number of nitrogens with zero attached hydrogens (tertiary/aromatic N) is 4. The van der Waals surface area contributed by atoms with Crippen molar-refractivity contribution in [1.82, 2.24) is 19.5 Å². The van der Waals surface area contributed by atoms with Crippen LogP contribution in [0.15, 0.2) is 47.1 Å². The Balaban J connectivity index is 1.62. The summed E-state index contributed by atoms with van der Waals surface area (Å²) in [6.07, 6.45) is 5.11. The van der Waals surface area contributed by atoms with E-state index in [1.807, 2.05) is 24.3 Å². The molecule has 1 saturated heterocycles. The molecule has 1 fully saturated rings. The molecule has 1 N–H and O–H groups in total. The van der Waals surface area contributed by atoms with Crippen LogP contribution in [-0.4, -0.2) is 37.7 Å². The van der Waals surface area contributed by atoms with Crippen LogP contribution in [0.25, 0.3) is 16.5 Å². The Labute approximate surface area is 171 Å². The number of likely N-dealkylation sites (tertiary alicyclic amines) is 1. The minimum absolute atomic E-state index is 0.112. The molecule has 0 saturated carbocycles. The molecule has 28 heavy (non-hydrogen) atoms. The Morgan fingerprint density at radius 2 is 1.93 bits per heavy atom. The molecule has 0 aliphatic carbocycles. The molecule has 1 aliphatic rings. The molecule has 0 amide bonds. The monoisotopic (exact) mass is 414 g/mol. The largest absolute Gasteiger partial charge is 0.492 e. The quantitative estimate of drug-likeness (QED) is 0.509. The van der Waals surface area contributed by atoms with E-state index in [0.717, 1.165) is 36.4 Å². The van der Waals surface area contributed by atoms with Crippen LogP contribution in [-0.2, 0) is 0 Å². The van der Waals surface area contributed by atoms with E-state index < -0.39 is 0 Å². The Hall–Kier alpha value is -2.35. The van der Waals surface area contributed by atoms with Crippen molar-refractivity contribution in [3.63, 3.8) is 0 Å². The third-order valence-electron chi connectivity index (χ3n) is 5.15. The molecule has 1 aliphatic heterocycles. The number of aromatic hydroxyl groups is 1. The van der Waals surface area contributed by atoms with Gasteiger partial charge in [-0.3, -0.25) is 4.90 Å². The van der Waals surface area contributed by atoms with Crippen molar-refractivity contribution in [3.8, 4) is 17.5 Å². The van der Waals surface area contributed by atoms with Crippen LogP contribution in [0.5, 0.6) is 5.88 Å². The molecule has 1 unspecified atom stereocenters. The molecule has 1 atom stereocenters. The van der Waals surface area contributed by atoms with E-state index >= 15 is 0 Å². The van der Waals surface area contributed by atoms with Gasteiger partial charge in [-0.25, -0.2) is 0 Å². The zero-order valence-corrected chi connectivity index (χ0v) is 16.7. The van der Waals surface area contributed by atoms with Gasteiger partial charge in [-0.1, -0.05) is 47.6 Å². The first kappa shape index (κ1) is 17.7. The number of fused-ring (bicyclic) bond motifs is 1. The molecule has 4 aromatic rings. The highest BCUT2D eigenvalue weighted by molar-refractivity contribution is 7.17. The summed E-state index contributed by atoms with van der Waals surface area (Å²) >= 11 is 8.00. The number of halogens is 1. The second kappa shape index (κ2) is 7.24. The van der Waals surface area contributed by atoms with Gasteiger partial charge in [-0.05, 0) is 49.7 Å². The standard InChI is InChI=1S/C20H19ClN4O2S/c21-14-8-3-2-7-13(14)16(24-10-4-1-5-11-24)17-19(26)25-20(28-17)22-18(23-25)15-9-6-12-27-15/h2-3,6-9,12,16,26H,1,4-5,10-11H2. The lowest BCUT2D eigenvalue weighted by Crippen LogP contribution is -2.34. The van der Waals surface area contributed by atoms with Crippen molar-refractivity contribution < 1.29 is 9.52 Å². The molecule has 8 heteroatoms. The van der Waals surface area contributed by atoms with Crippen LogP contribution < -0.4 is 0 Å². The van der Waals surface area contributed by atoms with E-state index in [4.69, 9.17) is 16.0 Å². The van der Waals surface area contributed by atoms with Crippen LogP contribution in [0.1, 0.15) is 35.7 Å². The first-order valence-corrected chi connectivity index (χ1v) is 10.5. The fraction of sp³-hybridized carbons (Fsp3) is 0.300. The predicted octanol–water partition coefficient (Wildman–Crippen LogP) is 4.99. The zero-order chi connectivity index (χ0) is 19.1. The van der Waals surface area contributed by atoms with Crippen molar-refractivity contribution in [3.05, 3.63) is 58.1 Å². The molecular weight excluding hydrogens is 396 g/mol. The van der Waals surface area contributed by atoms with Crippen LogP contribution in [0.3, 0.4) is 0 Å². The number of benzene rings is 1. The number of hydrogen-bond acceptors (Lipinski definition) is 6. The number of rotatable bonds is 4. The highest BCUT2D eigenvalue weighted by atomic mass is 35.5. The fourth-order valence-electron chi connectivity index (χ4n) is 3.82. The summed E-state index contributed by atoms with van der Waals surface area (Å²) in [5.74, 6) is 1.15. The Kier molecular flexibility index (Phi) is 4.58. The Morgan fingerprint density at radius 1 is 1.11 bits per heavy atom. The summed E-state index contributed by atoms with van der Waals surface area (Å²) in [7, 11) is 0. The topological polar surface area (TPSA) is 66.8 Å². The number of thiazole rings is 1. The van der Waals surface area contributed by atoms with Crippen LogP contribution in [0, 0.1) is 0 Å². The Bertz CT molecular complexity index is 1100. The third kappa shape index (κ3) is 2.99. The van der Waals surface area contributed by atoms with Crippen molar-refractivity contribution in [1.29, 1.82) is 0 Å². The van der Waals surface area contributed by atoms with Gasteiger partial charge in [0.1, 0.15) is 0 Å². The molecule has 0 radical (unpaired) electrons. The molecule has 1 aromatic carbocycles. The minimum Gasteiger partial charge on any atom is -0.492 e. The van der Waals surface area contributed by atoms with E-state index in [-0.39, 0.29) is 11.9 Å². The van der Waals surface area contributed by atoms with Gasteiger partial charge in [-0.15, -0.1) is 5.10 Å². The van der Waals surface area contributed by atoms with E-state index in [1.165, 1.54) is 22.3 Å². The summed E-state index contributed by atoms with van der Waals surface area (Å²) in [4.78, 5) is 8.39. The second-order valence-corrected chi connectivity index (χ2v) is 8.33. The minimum atomic E-state index is -0.116. The van der Waals surface area contributed by atoms with Gasteiger partial charge in [0.05, 0.1) is 17.2 Å². The smallest absolute Gasteiger partial charge is 0.230 e. The average Bonchev–Trinajstić information content (AvgIpc) is 3.43. The molecule has 144 valence electrons. The fourth-order valence-corrected chi connectivity index (χ4v) is 5.16. The van der Waals surface area contributed by atoms with Crippen molar-refractivity contribution in [2.24, 2.45) is 0 Å². The lowest BCUT2D eigenvalue weighted by Gasteiger charge is -2.34. The molecule has 4 heterocycles. The average molecular weight is 415 g/mol. The van der Waals surface area contributed by atoms with Gasteiger partial charge in [0.25, 0.3) is 0 Å². The summed E-state index contributed by atoms with van der Waals surface area (Å²) < 4.78 is 6.87. The van der Waals surface area contributed by atoms with Gasteiger partial charge in [0, 0.05) is 5.02 Å². The molecule has 0 spiro atoms. The molecule has 6 nitrogen and oxygen atoms in total. The van der Waals surface area contributed by atoms with Crippen LogP contribution >= 0.6 is 22.9 Å². The summed E-state index contributed by atoms with van der Waals surface area (Å²) in [6, 6.07) is 11.3. The van der Waals surface area contributed by atoms with E-state index in [1.54, 1.807) is 18.4 Å². The van der Waals surface area contributed by atoms with E-state index in [2.05, 4.69) is 15.0 Å². The van der Waals surface area contributed by atoms with Gasteiger partial charge in [0.2, 0.25) is 16.7 Å². The Morgan fingerprint density at radius 3 is 2.64 bits per heavy atom. The van der Waals surface area contributed by atoms with Crippen LogP contribution in [0.2, 0.25) is 5.02 Å². The zero-order valence-electron chi connectivity index (χ0n) is 15.1. The van der Waals surface area contributed by atoms with Crippen LogP contribution in [0.4, 0.5) is 0 Å². The highest BCUT2D eigenvalue weighted by Gasteiger charge is 2.31. The first-order valence-electron chi connectivity index (χ1n) is 9.33.